The number of aromatic nitrogens is 1. The predicted octanol–water partition coefficient (Wildman–Crippen LogP) is 4.94. The summed E-state index contributed by atoms with van der Waals surface area (Å²) in [5.41, 5.74) is 2.25. The number of para-hydroxylation sites is 1. The van der Waals surface area contributed by atoms with Crippen molar-refractivity contribution in [2.45, 2.75) is 51.9 Å². The average molecular weight is 240 g/mol. The third-order valence-electron chi connectivity index (χ3n) is 3.35. The molecule has 0 atom stereocenters. The molecular weight excluding hydrogens is 218 g/mol. The lowest BCUT2D eigenvalue weighted by Crippen LogP contribution is -1.91. The molecule has 1 radical (unpaired) electrons. The van der Waals surface area contributed by atoms with Gasteiger partial charge in [-0.2, -0.15) is 0 Å². The number of unbranched alkanes of at least 4 members (excludes halogenated alkanes) is 5. The highest BCUT2D eigenvalue weighted by atomic mass is 14.7. The molecule has 95 valence electrons. The molecule has 0 unspecified atom stereocenters. The van der Waals surface area contributed by atoms with Crippen LogP contribution < -0.4 is 0 Å². The van der Waals surface area contributed by atoms with Gasteiger partial charge in [-0.15, -0.1) is 0 Å². The van der Waals surface area contributed by atoms with Gasteiger partial charge in [0.05, 0.1) is 5.52 Å². The van der Waals surface area contributed by atoms with Crippen molar-refractivity contribution in [1.82, 2.24) is 4.98 Å². The number of hydrogen-bond donors (Lipinski definition) is 0. The Labute approximate surface area is 110 Å². The van der Waals surface area contributed by atoms with Crippen molar-refractivity contribution < 1.29 is 0 Å². The zero-order chi connectivity index (χ0) is 12.6. The largest absolute Gasteiger partial charge is 0.253 e. The van der Waals surface area contributed by atoms with Crippen molar-refractivity contribution >= 4 is 10.9 Å². The summed E-state index contributed by atoms with van der Waals surface area (Å²) in [4.78, 5) is 4.68. The molecule has 2 rings (SSSR count). The van der Waals surface area contributed by atoms with Crippen LogP contribution in [-0.4, -0.2) is 4.98 Å². The lowest BCUT2D eigenvalue weighted by atomic mass is 10.1. The summed E-state index contributed by atoms with van der Waals surface area (Å²) in [6.45, 7) is 2.26. The van der Waals surface area contributed by atoms with E-state index in [9.17, 15) is 0 Å². The van der Waals surface area contributed by atoms with Crippen LogP contribution in [0.5, 0.6) is 0 Å². The smallest absolute Gasteiger partial charge is 0.0711 e. The number of benzene rings is 1. The number of fused-ring (bicyclic) bond motifs is 1. The maximum Gasteiger partial charge on any atom is 0.0711 e. The van der Waals surface area contributed by atoms with Crippen molar-refractivity contribution in [1.29, 1.82) is 0 Å². The summed E-state index contributed by atoms with van der Waals surface area (Å²) in [5, 5.41) is 1.11. The van der Waals surface area contributed by atoms with Gasteiger partial charge in [0.25, 0.3) is 0 Å². The Morgan fingerprint density at radius 1 is 1.00 bits per heavy atom. The molecule has 18 heavy (non-hydrogen) atoms. The van der Waals surface area contributed by atoms with E-state index in [-0.39, 0.29) is 0 Å². The van der Waals surface area contributed by atoms with Crippen LogP contribution in [0.4, 0.5) is 0 Å². The minimum Gasteiger partial charge on any atom is -0.253 e. The van der Waals surface area contributed by atoms with E-state index in [1.807, 2.05) is 18.2 Å². The number of pyridine rings is 1. The van der Waals surface area contributed by atoms with E-state index in [0.29, 0.717) is 0 Å². The van der Waals surface area contributed by atoms with E-state index in [0.717, 1.165) is 17.3 Å². The summed E-state index contributed by atoms with van der Waals surface area (Å²) in [7, 11) is 0. The fraction of sp³-hybridized carbons (Fsp3) is 0.471. The van der Waals surface area contributed by atoms with Gasteiger partial charge in [0.1, 0.15) is 0 Å². The Bertz CT molecular complexity index is 476. The Kier molecular flexibility index (Phi) is 5.19. The molecule has 1 aromatic carbocycles. The van der Waals surface area contributed by atoms with E-state index in [1.165, 1.54) is 44.2 Å². The fourth-order valence-corrected chi connectivity index (χ4v) is 2.26. The van der Waals surface area contributed by atoms with E-state index < -0.39 is 0 Å². The number of hydrogen-bond acceptors (Lipinski definition) is 1. The maximum atomic E-state index is 4.68. The first-order valence-corrected chi connectivity index (χ1v) is 7.16. The molecular formula is C17H22N. The van der Waals surface area contributed by atoms with E-state index in [2.05, 4.69) is 30.1 Å². The number of nitrogens with zero attached hydrogens (tertiary/aromatic N) is 1. The van der Waals surface area contributed by atoms with E-state index >= 15 is 0 Å². The second-order valence-electron chi connectivity index (χ2n) is 4.93. The zero-order valence-electron chi connectivity index (χ0n) is 11.3. The van der Waals surface area contributed by atoms with Gasteiger partial charge in [-0.3, -0.25) is 4.98 Å². The molecule has 0 spiro atoms. The van der Waals surface area contributed by atoms with Crippen LogP contribution in [0, 0.1) is 6.07 Å². The molecule has 0 aliphatic carbocycles. The number of aryl methyl sites for hydroxylation is 1. The topological polar surface area (TPSA) is 12.9 Å². The quantitative estimate of drug-likeness (QED) is 0.625. The Balaban J connectivity index is 1.81. The minimum atomic E-state index is 1.07. The first-order valence-electron chi connectivity index (χ1n) is 7.16. The summed E-state index contributed by atoms with van der Waals surface area (Å²) >= 11 is 0. The normalized spacial score (nSPS) is 10.9. The van der Waals surface area contributed by atoms with Crippen molar-refractivity contribution in [3.8, 4) is 0 Å². The van der Waals surface area contributed by atoms with Crippen LogP contribution in [0.15, 0.2) is 30.3 Å². The van der Waals surface area contributed by atoms with Gasteiger partial charge in [-0.25, -0.2) is 0 Å². The molecule has 1 nitrogen and oxygen atoms in total. The molecule has 0 saturated carbocycles. The molecule has 0 N–H and O–H groups in total. The molecule has 0 bridgehead atoms. The Morgan fingerprint density at radius 2 is 1.78 bits per heavy atom. The molecule has 1 heterocycles. The predicted molar refractivity (Wildman–Crippen MR) is 77.7 cm³/mol. The van der Waals surface area contributed by atoms with Gasteiger partial charge < -0.3 is 0 Å². The standard InChI is InChI=1S/C17H22N/c1-2-3-4-5-6-7-11-16-14-13-15-10-8-9-12-17(15)18-16/h8-10,12,14H,2-7,11H2,1H3. The second-order valence-corrected chi connectivity index (χ2v) is 4.93. The molecule has 0 saturated heterocycles. The van der Waals surface area contributed by atoms with Gasteiger partial charge in [-0.05, 0) is 31.0 Å². The first kappa shape index (κ1) is 13.1. The van der Waals surface area contributed by atoms with Crippen LogP contribution in [0.25, 0.3) is 10.9 Å². The summed E-state index contributed by atoms with van der Waals surface area (Å²) < 4.78 is 0. The summed E-state index contributed by atoms with van der Waals surface area (Å²) in [6, 6.07) is 13.6. The van der Waals surface area contributed by atoms with Crippen molar-refractivity contribution in [2.24, 2.45) is 0 Å². The first-order chi connectivity index (χ1) is 8.90. The van der Waals surface area contributed by atoms with Crippen LogP contribution in [-0.2, 0) is 6.42 Å². The van der Waals surface area contributed by atoms with Crippen molar-refractivity contribution in [2.75, 3.05) is 0 Å². The van der Waals surface area contributed by atoms with E-state index in [4.69, 9.17) is 0 Å². The lowest BCUT2D eigenvalue weighted by Gasteiger charge is -2.03. The van der Waals surface area contributed by atoms with Crippen LogP contribution >= 0.6 is 0 Å². The fourth-order valence-electron chi connectivity index (χ4n) is 2.26. The van der Waals surface area contributed by atoms with Crippen LogP contribution in [0.3, 0.4) is 0 Å². The third-order valence-corrected chi connectivity index (χ3v) is 3.35. The molecule has 0 amide bonds. The highest BCUT2D eigenvalue weighted by Crippen LogP contribution is 2.13. The van der Waals surface area contributed by atoms with Gasteiger partial charge in [0, 0.05) is 11.1 Å². The van der Waals surface area contributed by atoms with Gasteiger partial charge >= 0.3 is 0 Å². The lowest BCUT2D eigenvalue weighted by molar-refractivity contribution is 0.605. The highest BCUT2D eigenvalue weighted by molar-refractivity contribution is 5.77. The van der Waals surface area contributed by atoms with Crippen LogP contribution in [0.2, 0.25) is 0 Å². The Morgan fingerprint density at radius 3 is 2.67 bits per heavy atom. The van der Waals surface area contributed by atoms with Crippen molar-refractivity contribution in [3.63, 3.8) is 0 Å². The molecule has 0 aliphatic rings. The second kappa shape index (κ2) is 7.15. The number of rotatable bonds is 7. The SMILES string of the molecule is CCCCCCCCc1c[c]c2ccccc2n1. The Hall–Kier alpha value is -1.37. The average Bonchev–Trinajstić information content (AvgIpc) is 2.42. The monoisotopic (exact) mass is 240 g/mol. The van der Waals surface area contributed by atoms with E-state index in [1.54, 1.807) is 0 Å². The maximum absolute atomic E-state index is 4.68. The minimum absolute atomic E-state index is 1.07. The van der Waals surface area contributed by atoms with Crippen LogP contribution in [0.1, 0.15) is 51.1 Å². The van der Waals surface area contributed by atoms with Gasteiger partial charge in [-0.1, -0.05) is 57.2 Å². The third kappa shape index (κ3) is 3.83. The summed E-state index contributed by atoms with van der Waals surface area (Å²) in [5.74, 6) is 0. The summed E-state index contributed by atoms with van der Waals surface area (Å²) in [6.07, 6.45) is 9.12. The van der Waals surface area contributed by atoms with Gasteiger partial charge in [0.2, 0.25) is 0 Å². The van der Waals surface area contributed by atoms with Gasteiger partial charge in [0.15, 0.2) is 0 Å². The molecule has 1 heteroatoms. The molecule has 2 aromatic rings. The molecule has 0 aliphatic heterocycles. The molecule has 1 aromatic heterocycles. The molecule has 0 fully saturated rings. The highest BCUT2D eigenvalue weighted by Gasteiger charge is 1.98. The van der Waals surface area contributed by atoms with Crippen molar-refractivity contribution in [3.05, 3.63) is 42.1 Å². The zero-order valence-corrected chi connectivity index (χ0v) is 11.3.